The molecule has 1 heterocycles. The maximum atomic E-state index is 13.1. The van der Waals surface area contributed by atoms with E-state index in [1.54, 1.807) is 12.3 Å². The first-order valence-corrected chi connectivity index (χ1v) is 7.31. The van der Waals surface area contributed by atoms with Crippen LogP contribution in [-0.4, -0.2) is 10.8 Å². The van der Waals surface area contributed by atoms with Crippen LogP contribution in [0.5, 0.6) is 0 Å². The first-order chi connectivity index (χ1) is 11.2. The van der Waals surface area contributed by atoms with Gasteiger partial charge >= 0.3 is 0 Å². The summed E-state index contributed by atoms with van der Waals surface area (Å²) in [6.07, 6.45) is 1.72. The highest BCUT2D eigenvalue weighted by atomic mass is 19.1. The Morgan fingerprint density at radius 3 is 2.39 bits per heavy atom. The summed E-state index contributed by atoms with van der Waals surface area (Å²) in [5.74, 6) is -0.486. The van der Waals surface area contributed by atoms with Crippen LogP contribution in [0.15, 0.2) is 72.9 Å². The second kappa shape index (κ2) is 5.29. The summed E-state index contributed by atoms with van der Waals surface area (Å²) in [5, 5.41) is 2.78. The Hall–Kier alpha value is -3.07. The van der Waals surface area contributed by atoms with Crippen molar-refractivity contribution in [2.75, 3.05) is 0 Å². The van der Waals surface area contributed by atoms with E-state index in [2.05, 4.69) is 4.98 Å². The number of ketones is 1. The Morgan fingerprint density at radius 1 is 0.826 bits per heavy atom. The zero-order valence-corrected chi connectivity index (χ0v) is 12.2. The summed E-state index contributed by atoms with van der Waals surface area (Å²) in [6, 6.07) is 19.1. The smallest absolute Gasteiger partial charge is 0.193 e. The molecule has 3 aromatic carbocycles. The van der Waals surface area contributed by atoms with Crippen molar-refractivity contribution >= 4 is 27.5 Å². The summed E-state index contributed by atoms with van der Waals surface area (Å²) in [6.45, 7) is 0. The molecule has 0 saturated heterocycles. The van der Waals surface area contributed by atoms with Gasteiger partial charge in [-0.05, 0) is 35.7 Å². The summed E-state index contributed by atoms with van der Waals surface area (Å²) < 4.78 is 13.1. The number of pyridine rings is 1. The predicted molar refractivity (Wildman–Crippen MR) is 89.1 cm³/mol. The summed E-state index contributed by atoms with van der Waals surface area (Å²) in [7, 11) is 0. The number of fused-ring (bicyclic) bond motifs is 3. The maximum Gasteiger partial charge on any atom is 0.193 e. The Balaban J connectivity index is 2.01. The third-order valence-corrected chi connectivity index (χ3v) is 3.97. The highest BCUT2D eigenvalue weighted by Gasteiger charge is 2.15. The minimum atomic E-state index is -0.355. The first kappa shape index (κ1) is 13.6. The van der Waals surface area contributed by atoms with E-state index >= 15 is 0 Å². The van der Waals surface area contributed by atoms with E-state index in [1.807, 2.05) is 36.4 Å². The van der Waals surface area contributed by atoms with E-state index in [-0.39, 0.29) is 11.6 Å². The lowest BCUT2D eigenvalue weighted by molar-refractivity contribution is 0.104. The summed E-state index contributed by atoms with van der Waals surface area (Å²) >= 11 is 0. The van der Waals surface area contributed by atoms with Crippen molar-refractivity contribution in [1.82, 2.24) is 4.98 Å². The van der Waals surface area contributed by atoms with Gasteiger partial charge in [0.05, 0.1) is 5.52 Å². The second-order valence-electron chi connectivity index (χ2n) is 5.38. The molecule has 110 valence electrons. The van der Waals surface area contributed by atoms with Gasteiger partial charge in [-0.3, -0.25) is 9.78 Å². The van der Waals surface area contributed by atoms with Crippen LogP contribution in [0.25, 0.3) is 21.7 Å². The van der Waals surface area contributed by atoms with Crippen molar-refractivity contribution in [3.8, 4) is 0 Å². The van der Waals surface area contributed by atoms with Crippen LogP contribution in [0.3, 0.4) is 0 Å². The fourth-order valence-corrected chi connectivity index (χ4v) is 2.86. The van der Waals surface area contributed by atoms with Crippen LogP contribution in [0.4, 0.5) is 4.39 Å². The minimum Gasteiger partial charge on any atom is -0.289 e. The molecule has 0 atom stereocenters. The largest absolute Gasteiger partial charge is 0.289 e. The molecule has 1 aromatic heterocycles. The van der Waals surface area contributed by atoms with E-state index in [9.17, 15) is 9.18 Å². The zero-order valence-electron chi connectivity index (χ0n) is 12.2. The number of rotatable bonds is 2. The Bertz CT molecular complexity index is 1040. The van der Waals surface area contributed by atoms with Gasteiger partial charge < -0.3 is 0 Å². The van der Waals surface area contributed by atoms with Gasteiger partial charge in [-0.1, -0.05) is 36.4 Å². The fraction of sp³-hybridized carbons (Fsp3) is 0. The van der Waals surface area contributed by atoms with E-state index in [0.29, 0.717) is 11.1 Å². The average Bonchev–Trinajstić information content (AvgIpc) is 2.61. The van der Waals surface area contributed by atoms with Gasteiger partial charge in [0, 0.05) is 28.1 Å². The molecule has 23 heavy (non-hydrogen) atoms. The first-order valence-electron chi connectivity index (χ1n) is 7.31. The van der Waals surface area contributed by atoms with Gasteiger partial charge in [-0.2, -0.15) is 0 Å². The van der Waals surface area contributed by atoms with Gasteiger partial charge in [0.2, 0.25) is 0 Å². The molecular weight excluding hydrogens is 289 g/mol. The van der Waals surface area contributed by atoms with E-state index in [4.69, 9.17) is 0 Å². The van der Waals surface area contributed by atoms with Gasteiger partial charge in [-0.15, -0.1) is 0 Å². The van der Waals surface area contributed by atoms with E-state index < -0.39 is 0 Å². The molecule has 0 fully saturated rings. The standard InChI is InChI=1S/C20H12FNO/c21-16-10-8-15(9-11-16)20(23)17-5-1-3-13-6-7-14-4-2-12-22-19(14)18(13)17/h1-12H. The van der Waals surface area contributed by atoms with Crippen LogP contribution in [0, 0.1) is 5.82 Å². The number of hydrogen-bond donors (Lipinski definition) is 0. The van der Waals surface area contributed by atoms with Crippen molar-refractivity contribution in [3.05, 3.63) is 89.9 Å². The molecule has 0 aliphatic heterocycles. The van der Waals surface area contributed by atoms with Gasteiger partial charge in [-0.25, -0.2) is 4.39 Å². The molecule has 4 rings (SSSR count). The van der Waals surface area contributed by atoms with E-state index in [1.165, 1.54) is 24.3 Å². The number of carbonyl (C=O) groups excluding carboxylic acids is 1. The molecule has 0 radical (unpaired) electrons. The molecule has 0 spiro atoms. The molecule has 3 heteroatoms. The Kier molecular flexibility index (Phi) is 3.12. The van der Waals surface area contributed by atoms with Crippen molar-refractivity contribution in [3.63, 3.8) is 0 Å². The maximum absolute atomic E-state index is 13.1. The summed E-state index contributed by atoms with van der Waals surface area (Å²) in [4.78, 5) is 17.3. The van der Waals surface area contributed by atoms with Crippen LogP contribution < -0.4 is 0 Å². The second-order valence-corrected chi connectivity index (χ2v) is 5.38. The van der Waals surface area contributed by atoms with Crippen LogP contribution in [0.1, 0.15) is 15.9 Å². The molecule has 0 N–H and O–H groups in total. The molecule has 0 amide bonds. The van der Waals surface area contributed by atoms with Crippen LogP contribution in [0.2, 0.25) is 0 Å². The SMILES string of the molecule is O=C(c1ccc(F)cc1)c1cccc2ccc3cccnc3c12. The molecule has 2 nitrogen and oxygen atoms in total. The van der Waals surface area contributed by atoms with Gasteiger partial charge in [0.1, 0.15) is 5.82 Å². The lowest BCUT2D eigenvalue weighted by Crippen LogP contribution is -2.02. The summed E-state index contributed by atoms with van der Waals surface area (Å²) in [5.41, 5.74) is 1.85. The molecular formula is C20H12FNO. The quantitative estimate of drug-likeness (QED) is 0.395. The molecule has 0 saturated carbocycles. The average molecular weight is 301 g/mol. The molecule has 0 bridgehead atoms. The monoisotopic (exact) mass is 301 g/mol. The number of halogens is 1. The number of benzene rings is 3. The number of nitrogens with zero attached hydrogens (tertiary/aromatic N) is 1. The van der Waals surface area contributed by atoms with Gasteiger partial charge in [0.25, 0.3) is 0 Å². The molecule has 0 unspecified atom stereocenters. The zero-order chi connectivity index (χ0) is 15.8. The molecule has 0 aliphatic rings. The third kappa shape index (κ3) is 2.27. The van der Waals surface area contributed by atoms with Crippen LogP contribution in [-0.2, 0) is 0 Å². The fourth-order valence-electron chi connectivity index (χ4n) is 2.86. The Morgan fingerprint density at radius 2 is 1.57 bits per heavy atom. The minimum absolute atomic E-state index is 0.131. The lowest BCUT2D eigenvalue weighted by atomic mass is 9.95. The highest BCUT2D eigenvalue weighted by Crippen LogP contribution is 2.28. The highest BCUT2D eigenvalue weighted by molar-refractivity contribution is 6.21. The number of carbonyl (C=O) groups is 1. The number of aromatic nitrogens is 1. The normalized spacial score (nSPS) is 11.0. The van der Waals surface area contributed by atoms with Crippen molar-refractivity contribution < 1.29 is 9.18 Å². The Labute approximate surface area is 132 Å². The van der Waals surface area contributed by atoms with Gasteiger partial charge in [0.15, 0.2) is 5.78 Å². The van der Waals surface area contributed by atoms with Crippen molar-refractivity contribution in [2.24, 2.45) is 0 Å². The van der Waals surface area contributed by atoms with Crippen LogP contribution >= 0.6 is 0 Å². The number of hydrogen-bond acceptors (Lipinski definition) is 2. The lowest BCUT2D eigenvalue weighted by Gasteiger charge is -2.09. The molecule has 0 aliphatic carbocycles. The van der Waals surface area contributed by atoms with E-state index in [0.717, 1.165) is 21.7 Å². The van der Waals surface area contributed by atoms with Crippen molar-refractivity contribution in [2.45, 2.75) is 0 Å². The van der Waals surface area contributed by atoms with Crippen molar-refractivity contribution in [1.29, 1.82) is 0 Å². The predicted octanol–water partition coefficient (Wildman–Crippen LogP) is 4.76. The molecule has 4 aromatic rings. The third-order valence-electron chi connectivity index (χ3n) is 3.97. The topological polar surface area (TPSA) is 30.0 Å².